The lowest BCUT2D eigenvalue weighted by molar-refractivity contribution is -0.131. The first-order chi connectivity index (χ1) is 5.77. The molecule has 12 heavy (non-hydrogen) atoms. The number of rotatable bonds is 5. The second-order valence-corrected chi connectivity index (χ2v) is 2.27. The summed E-state index contributed by atoms with van der Waals surface area (Å²) in [5.74, 6) is -0.882. The zero-order chi connectivity index (χ0) is 9.23. The molecule has 0 aromatic rings. The Morgan fingerprint density at radius 3 is 2.50 bits per heavy atom. The fraction of sp³-hybridized carbons (Fsp3) is 0.300. The number of allylic oxidation sites excluding steroid dienone is 5. The van der Waals surface area contributed by atoms with Crippen LogP contribution in [0.25, 0.3) is 0 Å². The van der Waals surface area contributed by atoms with Gasteiger partial charge in [-0.3, -0.25) is 0 Å². The third-order valence-corrected chi connectivity index (χ3v) is 1.20. The number of hydrogen-bond donors (Lipinski definition) is 1. The Bertz CT molecular complexity index is 200. The van der Waals surface area contributed by atoms with Gasteiger partial charge < -0.3 is 5.11 Å². The highest BCUT2D eigenvalue weighted by Gasteiger charge is 1.82. The van der Waals surface area contributed by atoms with Gasteiger partial charge in [-0.25, -0.2) is 4.79 Å². The van der Waals surface area contributed by atoms with E-state index in [-0.39, 0.29) is 0 Å². The van der Waals surface area contributed by atoms with Crippen molar-refractivity contribution in [1.29, 1.82) is 0 Å². The summed E-state index contributed by atoms with van der Waals surface area (Å²) in [6.07, 6.45) is 12.3. The fourth-order valence-electron chi connectivity index (χ4n) is 0.663. The monoisotopic (exact) mass is 166 g/mol. The van der Waals surface area contributed by atoms with Crippen LogP contribution in [-0.2, 0) is 4.79 Å². The maximum atomic E-state index is 10.0. The number of carbonyl (C=O) groups is 1. The summed E-state index contributed by atoms with van der Waals surface area (Å²) in [5, 5.41) is 8.24. The highest BCUT2D eigenvalue weighted by molar-refractivity contribution is 5.79. The van der Waals surface area contributed by atoms with Gasteiger partial charge in [0.15, 0.2) is 0 Å². The average Bonchev–Trinajstić information content (AvgIpc) is 2.02. The first-order valence-electron chi connectivity index (χ1n) is 3.94. The molecule has 66 valence electrons. The van der Waals surface area contributed by atoms with Crippen molar-refractivity contribution in [2.24, 2.45) is 0 Å². The predicted octanol–water partition coefficient (Wildman–Crippen LogP) is 2.54. The van der Waals surface area contributed by atoms with Gasteiger partial charge >= 0.3 is 5.97 Å². The van der Waals surface area contributed by atoms with E-state index in [0.717, 1.165) is 12.8 Å². The smallest absolute Gasteiger partial charge is 0.327 e. The van der Waals surface area contributed by atoms with Gasteiger partial charge in [0.25, 0.3) is 0 Å². The summed E-state index contributed by atoms with van der Waals surface area (Å²) in [5.41, 5.74) is 0. The van der Waals surface area contributed by atoms with Crippen LogP contribution in [0.4, 0.5) is 0 Å². The van der Waals surface area contributed by atoms with Crippen molar-refractivity contribution in [2.45, 2.75) is 19.8 Å². The van der Waals surface area contributed by atoms with Gasteiger partial charge in [0.05, 0.1) is 0 Å². The average molecular weight is 166 g/mol. The van der Waals surface area contributed by atoms with Crippen LogP contribution < -0.4 is 0 Å². The molecule has 1 N–H and O–H groups in total. The summed E-state index contributed by atoms with van der Waals surface area (Å²) < 4.78 is 0. The molecule has 0 radical (unpaired) electrons. The second-order valence-electron chi connectivity index (χ2n) is 2.27. The summed E-state index contributed by atoms with van der Waals surface area (Å²) in [6.45, 7) is 1.95. The Kier molecular flexibility index (Phi) is 6.94. The van der Waals surface area contributed by atoms with Crippen molar-refractivity contribution in [3.05, 3.63) is 36.5 Å². The van der Waals surface area contributed by atoms with Crippen LogP contribution in [0.2, 0.25) is 0 Å². The zero-order valence-corrected chi connectivity index (χ0v) is 7.23. The van der Waals surface area contributed by atoms with E-state index in [1.165, 1.54) is 6.08 Å². The topological polar surface area (TPSA) is 37.3 Å². The first kappa shape index (κ1) is 10.7. The molecule has 0 aliphatic carbocycles. The molecule has 0 rings (SSSR count). The first-order valence-corrected chi connectivity index (χ1v) is 3.94. The van der Waals surface area contributed by atoms with Gasteiger partial charge in [0, 0.05) is 6.08 Å². The largest absolute Gasteiger partial charge is 0.478 e. The number of carboxylic acids is 1. The lowest BCUT2D eigenvalue weighted by Crippen LogP contribution is -1.84. The van der Waals surface area contributed by atoms with E-state index in [1.807, 2.05) is 31.2 Å². The standard InChI is InChI=1S/C10H14O2/c1-2-3-4-5-6-7-8-9-10(11)12/h2-5,8-9H,6-7H2,1H3,(H,11,12)/b3-2+,5-4?,9-8+. The molecule has 0 fully saturated rings. The SMILES string of the molecule is C/C=C/C=CCC/C=C/C(=O)O. The zero-order valence-electron chi connectivity index (χ0n) is 7.23. The number of carboxylic acid groups (broad SMARTS) is 1. The molecule has 0 aromatic carbocycles. The number of hydrogen-bond acceptors (Lipinski definition) is 1. The van der Waals surface area contributed by atoms with Gasteiger partial charge in [-0.15, -0.1) is 0 Å². The van der Waals surface area contributed by atoms with Crippen molar-refractivity contribution in [1.82, 2.24) is 0 Å². The van der Waals surface area contributed by atoms with Crippen molar-refractivity contribution < 1.29 is 9.90 Å². The molecule has 0 unspecified atom stereocenters. The van der Waals surface area contributed by atoms with Gasteiger partial charge in [0.1, 0.15) is 0 Å². The van der Waals surface area contributed by atoms with Crippen LogP contribution in [0.1, 0.15) is 19.8 Å². The molecular formula is C10H14O2. The molecule has 0 bridgehead atoms. The molecule has 0 spiro atoms. The fourth-order valence-corrected chi connectivity index (χ4v) is 0.663. The van der Waals surface area contributed by atoms with Crippen LogP contribution in [-0.4, -0.2) is 11.1 Å². The molecule has 0 saturated heterocycles. The summed E-state index contributed by atoms with van der Waals surface area (Å²) in [6, 6.07) is 0. The molecule has 0 aliphatic rings. The molecule has 2 heteroatoms. The van der Waals surface area contributed by atoms with Crippen molar-refractivity contribution >= 4 is 5.97 Å². The van der Waals surface area contributed by atoms with Crippen LogP contribution in [0.3, 0.4) is 0 Å². The maximum absolute atomic E-state index is 10.0. The van der Waals surface area contributed by atoms with Gasteiger partial charge in [0.2, 0.25) is 0 Å². The molecule has 0 aliphatic heterocycles. The van der Waals surface area contributed by atoms with Crippen LogP contribution in [0.5, 0.6) is 0 Å². The van der Waals surface area contributed by atoms with Crippen LogP contribution >= 0.6 is 0 Å². The number of unbranched alkanes of at least 4 members (excludes halogenated alkanes) is 1. The molecule has 0 heterocycles. The third kappa shape index (κ3) is 8.69. The molecular weight excluding hydrogens is 152 g/mol. The van der Waals surface area contributed by atoms with Gasteiger partial charge in [-0.1, -0.05) is 30.4 Å². The lowest BCUT2D eigenvalue weighted by atomic mass is 10.2. The molecule has 0 amide bonds. The minimum Gasteiger partial charge on any atom is -0.478 e. The van der Waals surface area contributed by atoms with E-state index in [0.29, 0.717) is 0 Å². The van der Waals surface area contributed by atoms with E-state index in [4.69, 9.17) is 5.11 Å². The summed E-state index contributed by atoms with van der Waals surface area (Å²) in [4.78, 5) is 10.0. The van der Waals surface area contributed by atoms with E-state index < -0.39 is 5.97 Å². The Hall–Kier alpha value is -1.31. The highest BCUT2D eigenvalue weighted by Crippen LogP contribution is 1.92. The minimum absolute atomic E-state index is 0.778. The van der Waals surface area contributed by atoms with Gasteiger partial charge in [-0.05, 0) is 19.8 Å². The van der Waals surface area contributed by atoms with E-state index in [2.05, 4.69) is 0 Å². The third-order valence-electron chi connectivity index (χ3n) is 1.20. The quantitative estimate of drug-likeness (QED) is 0.387. The molecule has 0 saturated carbocycles. The second kappa shape index (κ2) is 7.79. The Balaban J connectivity index is 3.38. The molecule has 0 atom stereocenters. The summed E-state index contributed by atoms with van der Waals surface area (Å²) in [7, 11) is 0. The van der Waals surface area contributed by atoms with Crippen molar-refractivity contribution in [2.75, 3.05) is 0 Å². The van der Waals surface area contributed by atoms with E-state index in [9.17, 15) is 4.79 Å². The van der Waals surface area contributed by atoms with E-state index in [1.54, 1.807) is 6.08 Å². The Morgan fingerprint density at radius 1 is 1.25 bits per heavy atom. The van der Waals surface area contributed by atoms with E-state index >= 15 is 0 Å². The maximum Gasteiger partial charge on any atom is 0.327 e. The van der Waals surface area contributed by atoms with Crippen LogP contribution in [0, 0.1) is 0 Å². The minimum atomic E-state index is -0.882. The summed E-state index contributed by atoms with van der Waals surface area (Å²) >= 11 is 0. The normalized spacial score (nSPS) is 12.1. The lowest BCUT2D eigenvalue weighted by Gasteiger charge is -1.83. The molecule has 2 nitrogen and oxygen atoms in total. The number of aliphatic carboxylic acids is 1. The van der Waals surface area contributed by atoms with Crippen molar-refractivity contribution in [3.8, 4) is 0 Å². The Labute approximate surface area is 72.9 Å². The van der Waals surface area contributed by atoms with Crippen LogP contribution in [0.15, 0.2) is 36.5 Å². The molecule has 0 aromatic heterocycles. The highest BCUT2D eigenvalue weighted by atomic mass is 16.4. The Morgan fingerprint density at radius 2 is 1.92 bits per heavy atom. The van der Waals surface area contributed by atoms with Gasteiger partial charge in [-0.2, -0.15) is 0 Å². The van der Waals surface area contributed by atoms with Crippen molar-refractivity contribution in [3.63, 3.8) is 0 Å². The predicted molar refractivity (Wildman–Crippen MR) is 50.0 cm³/mol.